The highest BCUT2D eigenvalue weighted by Crippen LogP contribution is 2.34. The summed E-state index contributed by atoms with van der Waals surface area (Å²) in [6.07, 6.45) is 11.4. The number of carbonyl (C=O) groups excluding carboxylic acids is 1. The van der Waals surface area contributed by atoms with E-state index in [0.717, 1.165) is 36.7 Å². The summed E-state index contributed by atoms with van der Waals surface area (Å²) >= 11 is 0. The summed E-state index contributed by atoms with van der Waals surface area (Å²) < 4.78 is 17.5. The smallest absolute Gasteiger partial charge is 0.333 e. The van der Waals surface area contributed by atoms with Crippen LogP contribution < -0.4 is 0 Å². The van der Waals surface area contributed by atoms with Gasteiger partial charge in [-0.15, -0.1) is 0 Å². The molecule has 36 heavy (non-hydrogen) atoms. The van der Waals surface area contributed by atoms with Crippen LogP contribution in [0.3, 0.4) is 0 Å². The number of rotatable bonds is 14. The molecule has 0 spiro atoms. The molecule has 1 unspecified atom stereocenters. The normalized spacial score (nSPS) is 18.5. The van der Waals surface area contributed by atoms with Gasteiger partial charge in [0.2, 0.25) is 0 Å². The zero-order chi connectivity index (χ0) is 25.8. The third-order valence-electron chi connectivity index (χ3n) is 7.63. The molecule has 1 fully saturated rings. The van der Waals surface area contributed by atoms with Gasteiger partial charge < -0.3 is 9.84 Å². The first-order valence-electron chi connectivity index (χ1n) is 13.7. The maximum Gasteiger partial charge on any atom is 0.333 e. The Balaban J connectivity index is 1.43. The molecular formula is C32H43FO3. The molecule has 0 radical (unpaired) electrons. The van der Waals surface area contributed by atoms with Crippen molar-refractivity contribution < 1.29 is 19.0 Å². The summed E-state index contributed by atoms with van der Waals surface area (Å²) in [4.78, 5) is 11.6. The summed E-state index contributed by atoms with van der Waals surface area (Å²) in [6, 6.07) is 17.3. The molecule has 3 nitrogen and oxygen atoms in total. The SMILES string of the molecule is C=C(C)C(=O)OCC(CO)Cc1ccc(-c2ccc(CCC3CCC(CCCCF)CC3)cc2)cc1. The molecule has 1 aliphatic rings. The number of halogens is 1. The fourth-order valence-corrected chi connectivity index (χ4v) is 5.23. The molecule has 0 amide bonds. The number of aliphatic hydroxyl groups excluding tert-OH is 1. The molecule has 0 saturated heterocycles. The van der Waals surface area contributed by atoms with Gasteiger partial charge in [-0.3, -0.25) is 4.39 Å². The molecule has 1 saturated carbocycles. The Kier molecular flexibility index (Phi) is 11.7. The molecule has 196 valence electrons. The van der Waals surface area contributed by atoms with E-state index in [9.17, 15) is 14.3 Å². The van der Waals surface area contributed by atoms with E-state index in [0.29, 0.717) is 12.0 Å². The number of aliphatic hydroxyl groups is 1. The molecule has 0 bridgehead atoms. The van der Waals surface area contributed by atoms with Gasteiger partial charge >= 0.3 is 5.97 Å². The van der Waals surface area contributed by atoms with Gasteiger partial charge in [-0.05, 0) is 66.7 Å². The minimum atomic E-state index is -0.416. The monoisotopic (exact) mass is 494 g/mol. The highest BCUT2D eigenvalue weighted by Gasteiger charge is 2.20. The van der Waals surface area contributed by atoms with E-state index in [-0.39, 0.29) is 25.8 Å². The first kappa shape index (κ1) is 28.1. The molecule has 1 aliphatic carbocycles. The van der Waals surface area contributed by atoms with Crippen LogP contribution in [-0.4, -0.2) is 31.0 Å². The topological polar surface area (TPSA) is 46.5 Å². The van der Waals surface area contributed by atoms with E-state index in [2.05, 4.69) is 55.1 Å². The van der Waals surface area contributed by atoms with Crippen molar-refractivity contribution in [3.63, 3.8) is 0 Å². The molecule has 0 aromatic heterocycles. The van der Waals surface area contributed by atoms with Gasteiger partial charge in [0, 0.05) is 18.1 Å². The number of aryl methyl sites for hydroxylation is 1. The van der Waals surface area contributed by atoms with E-state index in [1.807, 2.05) is 0 Å². The van der Waals surface area contributed by atoms with Crippen molar-refractivity contribution in [1.29, 1.82) is 0 Å². The van der Waals surface area contributed by atoms with E-state index < -0.39 is 5.97 Å². The van der Waals surface area contributed by atoms with Gasteiger partial charge in [0.05, 0.1) is 13.3 Å². The second-order valence-electron chi connectivity index (χ2n) is 10.6. The zero-order valence-corrected chi connectivity index (χ0v) is 21.9. The second kappa shape index (κ2) is 14.9. The first-order chi connectivity index (χ1) is 17.5. The Hall–Kier alpha value is -2.46. The highest BCUT2D eigenvalue weighted by atomic mass is 19.1. The maximum atomic E-state index is 12.3. The maximum absolute atomic E-state index is 12.3. The average molecular weight is 495 g/mol. The minimum Gasteiger partial charge on any atom is -0.462 e. The van der Waals surface area contributed by atoms with Gasteiger partial charge in [0.1, 0.15) is 0 Å². The standard InChI is InChI=1S/C32H43FO3/c1-24(2)32(35)36-23-29(22-34)21-28-14-18-31(19-15-28)30-16-12-27(13-17-30)11-10-26-8-6-25(7-9-26)5-3-4-20-33/h12-19,25-26,29,34H,1,3-11,20-23H2,2H3. The molecule has 2 aromatic rings. The lowest BCUT2D eigenvalue weighted by molar-refractivity contribution is -0.140. The second-order valence-corrected chi connectivity index (χ2v) is 10.6. The number of ether oxygens (including phenoxy) is 1. The van der Waals surface area contributed by atoms with Crippen molar-refractivity contribution in [1.82, 2.24) is 0 Å². The van der Waals surface area contributed by atoms with Gasteiger partial charge in [-0.1, -0.05) is 93.6 Å². The number of esters is 1. The Morgan fingerprint density at radius 2 is 1.50 bits per heavy atom. The van der Waals surface area contributed by atoms with Gasteiger partial charge in [-0.2, -0.15) is 0 Å². The largest absolute Gasteiger partial charge is 0.462 e. The van der Waals surface area contributed by atoms with Gasteiger partial charge in [0.15, 0.2) is 0 Å². The summed E-state index contributed by atoms with van der Waals surface area (Å²) in [5, 5.41) is 9.65. The van der Waals surface area contributed by atoms with Crippen LogP contribution in [0.15, 0.2) is 60.7 Å². The molecule has 0 aliphatic heterocycles. The summed E-state index contributed by atoms with van der Waals surface area (Å²) in [5.41, 5.74) is 5.25. The van der Waals surface area contributed by atoms with Crippen molar-refractivity contribution in [3.8, 4) is 11.1 Å². The van der Waals surface area contributed by atoms with Crippen LogP contribution >= 0.6 is 0 Å². The van der Waals surface area contributed by atoms with E-state index in [1.54, 1.807) is 6.92 Å². The predicted octanol–water partition coefficient (Wildman–Crippen LogP) is 7.50. The quantitative estimate of drug-likeness (QED) is 0.168. The lowest BCUT2D eigenvalue weighted by atomic mass is 9.78. The zero-order valence-electron chi connectivity index (χ0n) is 21.9. The number of alkyl halides is 1. The highest BCUT2D eigenvalue weighted by molar-refractivity contribution is 5.86. The Morgan fingerprint density at radius 1 is 0.944 bits per heavy atom. The number of carbonyl (C=O) groups is 1. The van der Waals surface area contributed by atoms with Crippen molar-refractivity contribution in [2.75, 3.05) is 19.9 Å². The number of unbranched alkanes of at least 4 members (excludes halogenated alkanes) is 1. The van der Waals surface area contributed by atoms with Crippen LogP contribution in [0.25, 0.3) is 11.1 Å². The van der Waals surface area contributed by atoms with Crippen molar-refractivity contribution >= 4 is 5.97 Å². The lowest BCUT2D eigenvalue weighted by Crippen LogP contribution is -2.19. The van der Waals surface area contributed by atoms with E-state index in [4.69, 9.17) is 4.74 Å². The molecule has 2 aromatic carbocycles. The predicted molar refractivity (Wildman–Crippen MR) is 146 cm³/mol. The average Bonchev–Trinajstić information content (AvgIpc) is 2.91. The summed E-state index contributed by atoms with van der Waals surface area (Å²) in [5.74, 6) is 1.12. The minimum absolute atomic E-state index is 0.0331. The van der Waals surface area contributed by atoms with Crippen molar-refractivity contribution in [2.24, 2.45) is 17.8 Å². The fourth-order valence-electron chi connectivity index (χ4n) is 5.23. The van der Waals surface area contributed by atoms with Crippen LogP contribution in [0.5, 0.6) is 0 Å². The molecule has 4 heteroatoms. The fraction of sp³-hybridized carbons (Fsp3) is 0.531. The van der Waals surface area contributed by atoms with E-state index >= 15 is 0 Å². The van der Waals surface area contributed by atoms with Crippen molar-refractivity contribution in [3.05, 3.63) is 71.8 Å². The van der Waals surface area contributed by atoms with Gasteiger partial charge in [0.25, 0.3) is 0 Å². The lowest BCUT2D eigenvalue weighted by Gasteiger charge is -2.28. The molecule has 3 rings (SSSR count). The number of hydrogen-bond acceptors (Lipinski definition) is 3. The summed E-state index contributed by atoms with van der Waals surface area (Å²) in [7, 11) is 0. The van der Waals surface area contributed by atoms with Crippen LogP contribution in [0.4, 0.5) is 4.39 Å². The van der Waals surface area contributed by atoms with Crippen LogP contribution in [0.1, 0.15) is 69.4 Å². The molecule has 0 heterocycles. The van der Waals surface area contributed by atoms with Crippen LogP contribution in [0, 0.1) is 17.8 Å². The third-order valence-corrected chi connectivity index (χ3v) is 7.63. The molecular weight excluding hydrogens is 451 g/mol. The van der Waals surface area contributed by atoms with Crippen LogP contribution in [-0.2, 0) is 22.4 Å². The molecule has 1 N–H and O–H groups in total. The Bertz CT molecular complexity index is 927. The molecule has 1 atom stereocenters. The van der Waals surface area contributed by atoms with Gasteiger partial charge in [-0.25, -0.2) is 4.79 Å². The summed E-state index contributed by atoms with van der Waals surface area (Å²) in [6.45, 7) is 5.19. The first-order valence-corrected chi connectivity index (χ1v) is 13.7. The number of benzene rings is 2. The number of hydrogen-bond donors (Lipinski definition) is 1. The van der Waals surface area contributed by atoms with Crippen molar-refractivity contribution in [2.45, 2.75) is 71.1 Å². The Morgan fingerprint density at radius 3 is 2.03 bits per heavy atom. The van der Waals surface area contributed by atoms with E-state index in [1.165, 1.54) is 55.2 Å². The van der Waals surface area contributed by atoms with Crippen LogP contribution in [0.2, 0.25) is 0 Å². The third kappa shape index (κ3) is 9.20. The Labute approximate surface area is 216 Å².